The molecule has 1 aromatic heterocycles. The molecule has 116 valence electrons. The van der Waals surface area contributed by atoms with E-state index in [1.54, 1.807) is 27.1 Å². The Morgan fingerprint density at radius 1 is 1.57 bits per heavy atom. The van der Waals surface area contributed by atoms with Gasteiger partial charge in [-0.1, -0.05) is 13.8 Å². The van der Waals surface area contributed by atoms with Crippen molar-refractivity contribution in [3.8, 4) is 0 Å². The molecule has 1 aliphatic carbocycles. The number of carboxylic acids is 1. The fourth-order valence-corrected chi connectivity index (χ4v) is 2.84. The van der Waals surface area contributed by atoms with Crippen molar-refractivity contribution in [1.82, 2.24) is 15.1 Å². The Morgan fingerprint density at radius 3 is 2.67 bits per heavy atom. The van der Waals surface area contributed by atoms with Crippen LogP contribution < -0.4 is 5.32 Å². The number of nitrogens with zero attached hydrogens (tertiary/aromatic N) is 2. The van der Waals surface area contributed by atoms with Gasteiger partial charge >= 0.3 is 5.97 Å². The Morgan fingerprint density at radius 2 is 2.24 bits per heavy atom. The maximum atomic E-state index is 12.3. The summed E-state index contributed by atoms with van der Waals surface area (Å²) in [6, 6.07) is 0. The number of rotatable bonds is 5. The number of hydrogen-bond donors (Lipinski definition) is 2. The maximum Gasteiger partial charge on any atom is 0.330 e. The number of ether oxygens (including phenoxy) is 1. The number of nitrogens with one attached hydrogen (secondary N) is 1. The highest BCUT2D eigenvalue weighted by Gasteiger charge is 2.66. The van der Waals surface area contributed by atoms with E-state index in [9.17, 15) is 14.7 Å². The average Bonchev–Trinajstić information content (AvgIpc) is 2.83. The summed E-state index contributed by atoms with van der Waals surface area (Å²) in [5.74, 6) is -1.48. The molecule has 0 radical (unpaired) electrons. The summed E-state index contributed by atoms with van der Waals surface area (Å²) in [4.78, 5) is 24.0. The summed E-state index contributed by atoms with van der Waals surface area (Å²) in [6.45, 7) is 5.98. The zero-order valence-electron chi connectivity index (χ0n) is 12.7. The summed E-state index contributed by atoms with van der Waals surface area (Å²) in [6.07, 6.45) is 3.04. The van der Waals surface area contributed by atoms with Crippen molar-refractivity contribution >= 4 is 11.9 Å². The van der Waals surface area contributed by atoms with Crippen molar-refractivity contribution in [2.24, 2.45) is 12.5 Å². The minimum Gasteiger partial charge on any atom is -0.479 e. The SMILES string of the molecule is CCOC1CC(NC(=O)c2cnn(C)c2)(C(=O)O)C1(C)C. The topological polar surface area (TPSA) is 93.5 Å². The Hall–Kier alpha value is -1.89. The molecule has 7 heteroatoms. The zero-order valence-corrected chi connectivity index (χ0v) is 12.7. The number of carbonyl (C=O) groups is 2. The van der Waals surface area contributed by atoms with Gasteiger partial charge in [0.25, 0.3) is 5.91 Å². The number of carbonyl (C=O) groups excluding carboxylic acids is 1. The molecule has 2 atom stereocenters. The molecule has 0 aromatic carbocycles. The van der Waals surface area contributed by atoms with Crippen LogP contribution in [0, 0.1) is 5.41 Å². The van der Waals surface area contributed by atoms with Gasteiger partial charge in [0.05, 0.1) is 17.9 Å². The van der Waals surface area contributed by atoms with E-state index in [-0.39, 0.29) is 12.5 Å². The Labute approximate surface area is 123 Å². The minimum absolute atomic E-state index is 0.187. The van der Waals surface area contributed by atoms with Crippen LogP contribution in [-0.4, -0.2) is 45.0 Å². The summed E-state index contributed by atoms with van der Waals surface area (Å²) in [5, 5.41) is 16.2. The fraction of sp³-hybridized carbons (Fsp3) is 0.643. The quantitative estimate of drug-likeness (QED) is 0.838. The molecule has 0 aliphatic heterocycles. The highest BCUT2D eigenvalue weighted by Crippen LogP contribution is 2.51. The minimum atomic E-state index is -1.32. The highest BCUT2D eigenvalue weighted by molar-refractivity contribution is 5.98. The van der Waals surface area contributed by atoms with Gasteiger partial charge in [0, 0.05) is 31.7 Å². The van der Waals surface area contributed by atoms with Gasteiger partial charge in [-0.25, -0.2) is 4.79 Å². The van der Waals surface area contributed by atoms with Gasteiger partial charge in [-0.15, -0.1) is 0 Å². The molecule has 1 fully saturated rings. The van der Waals surface area contributed by atoms with Crippen LogP contribution >= 0.6 is 0 Å². The van der Waals surface area contributed by atoms with E-state index in [4.69, 9.17) is 4.74 Å². The summed E-state index contributed by atoms with van der Waals surface area (Å²) in [7, 11) is 1.70. The second-order valence-corrected chi connectivity index (χ2v) is 5.94. The first kappa shape index (κ1) is 15.5. The molecule has 1 aromatic rings. The van der Waals surface area contributed by atoms with Crippen LogP contribution in [0.4, 0.5) is 0 Å². The fourth-order valence-electron chi connectivity index (χ4n) is 2.84. The van der Waals surface area contributed by atoms with E-state index >= 15 is 0 Å². The molecule has 1 amide bonds. The first-order chi connectivity index (χ1) is 9.74. The third-order valence-electron chi connectivity index (χ3n) is 4.42. The van der Waals surface area contributed by atoms with Gasteiger partial charge < -0.3 is 15.2 Å². The molecule has 0 saturated heterocycles. The number of aryl methyl sites for hydroxylation is 1. The second kappa shape index (κ2) is 5.14. The van der Waals surface area contributed by atoms with Gasteiger partial charge in [0.1, 0.15) is 5.54 Å². The van der Waals surface area contributed by atoms with E-state index in [0.29, 0.717) is 12.2 Å². The summed E-state index contributed by atoms with van der Waals surface area (Å²) < 4.78 is 7.06. The molecule has 0 bridgehead atoms. The van der Waals surface area contributed by atoms with Gasteiger partial charge in [0.2, 0.25) is 0 Å². The van der Waals surface area contributed by atoms with Crippen LogP contribution in [0.3, 0.4) is 0 Å². The Bertz CT molecular complexity index is 566. The molecular weight excluding hydrogens is 274 g/mol. The third kappa shape index (κ3) is 2.31. The first-order valence-corrected chi connectivity index (χ1v) is 6.90. The van der Waals surface area contributed by atoms with Crippen LogP contribution in [0.1, 0.15) is 37.6 Å². The molecule has 1 heterocycles. The van der Waals surface area contributed by atoms with Crippen molar-refractivity contribution in [1.29, 1.82) is 0 Å². The largest absolute Gasteiger partial charge is 0.479 e. The van der Waals surface area contributed by atoms with E-state index < -0.39 is 22.8 Å². The van der Waals surface area contributed by atoms with E-state index in [0.717, 1.165) is 0 Å². The molecule has 0 spiro atoms. The van der Waals surface area contributed by atoms with Gasteiger partial charge in [0.15, 0.2) is 0 Å². The molecular formula is C14H21N3O4. The molecule has 1 aliphatic rings. The molecule has 21 heavy (non-hydrogen) atoms. The van der Waals surface area contributed by atoms with Crippen LogP contribution in [0.25, 0.3) is 0 Å². The van der Waals surface area contributed by atoms with E-state index in [1.165, 1.54) is 10.9 Å². The molecule has 2 rings (SSSR count). The molecule has 7 nitrogen and oxygen atoms in total. The van der Waals surface area contributed by atoms with Crippen molar-refractivity contribution < 1.29 is 19.4 Å². The lowest BCUT2D eigenvalue weighted by molar-refractivity contribution is -0.190. The molecule has 2 unspecified atom stereocenters. The number of hydrogen-bond acceptors (Lipinski definition) is 4. The normalized spacial score (nSPS) is 27.0. The predicted octanol–water partition coefficient (Wildman–Crippen LogP) is 0.808. The van der Waals surface area contributed by atoms with Crippen LogP contribution in [0.15, 0.2) is 12.4 Å². The van der Waals surface area contributed by atoms with E-state index in [2.05, 4.69) is 10.4 Å². The average molecular weight is 295 g/mol. The number of aromatic nitrogens is 2. The summed E-state index contributed by atoms with van der Waals surface area (Å²) in [5.41, 5.74) is -1.67. The van der Waals surface area contributed by atoms with Gasteiger partial charge in [-0.05, 0) is 6.92 Å². The predicted molar refractivity (Wildman–Crippen MR) is 74.9 cm³/mol. The zero-order chi connectivity index (χ0) is 15.8. The van der Waals surface area contributed by atoms with Crippen LogP contribution in [-0.2, 0) is 16.6 Å². The monoisotopic (exact) mass is 295 g/mol. The maximum absolute atomic E-state index is 12.3. The van der Waals surface area contributed by atoms with Crippen LogP contribution in [0.5, 0.6) is 0 Å². The van der Waals surface area contributed by atoms with Crippen molar-refractivity contribution in [2.45, 2.75) is 38.8 Å². The first-order valence-electron chi connectivity index (χ1n) is 6.90. The van der Waals surface area contributed by atoms with Crippen LogP contribution in [0.2, 0.25) is 0 Å². The number of carboxylic acid groups (broad SMARTS) is 1. The lowest BCUT2D eigenvalue weighted by Gasteiger charge is -2.58. The third-order valence-corrected chi connectivity index (χ3v) is 4.42. The van der Waals surface area contributed by atoms with Gasteiger partial charge in [-0.2, -0.15) is 5.10 Å². The second-order valence-electron chi connectivity index (χ2n) is 5.94. The molecule has 2 N–H and O–H groups in total. The highest BCUT2D eigenvalue weighted by atomic mass is 16.5. The lowest BCUT2D eigenvalue weighted by atomic mass is 9.54. The Balaban J connectivity index is 2.22. The van der Waals surface area contributed by atoms with E-state index in [1.807, 2.05) is 6.92 Å². The van der Waals surface area contributed by atoms with Crippen molar-refractivity contribution in [2.75, 3.05) is 6.61 Å². The number of aliphatic carboxylic acids is 1. The summed E-state index contributed by atoms with van der Waals surface area (Å²) >= 11 is 0. The molecule has 1 saturated carbocycles. The van der Waals surface area contributed by atoms with Crippen molar-refractivity contribution in [3.63, 3.8) is 0 Å². The smallest absolute Gasteiger partial charge is 0.330 e. The number of amides is 1. The van der Waals surface area contributed by atoms with Gasteiger partial charge in [-0.3, -0.25) is 9.48 Å². The standard InChI is InChI=1S/C14H21N3O4/c1-5-21-10-6-14(12(19)20,13(10,2)3)16-11(18)9-7-15-17(4)8-9/h7-8,10H,5-6H2,1-4H3,(H,16,18)(H,19,20). The Kier molecular flexibility index (Phi) is 3.79. The van der Waals surface area contributed by atoms with Crippen molar-refractivity contribution in [3.05, 3.63) is 18.0 Å². The lowest BCUT2D eigenvalue weighted by Crippen LogP contribution is -2.76.